The van der Waals surface area contributed by atoms with Crippen molar-refractivity contribution in [2.24, 2.45) is 0 Å². The largest absolute Gasteiger partial charge is 0.748 e. The predicted molar refractivity (Wildman–Crippen MR) is 72.8 cm³/mol. The van der Waals surface area contributed by atoms with Gasteiger partial charge in [-0.15, -0.1) is 0 Å². The van der Waals surface area contributed by atoms with E-state index >= 15 is 0 Å². The lowest BCUT2D eigenvalue weighted by molar-refractivity contribution is -0.143. The molecule has 0 unspecified atom stereocenters. The maximum Gasteiger partial charge on any atom is 0.305 e. The van der Waals surface area contributed by atoms with E-state index in [4.69, 9.17) is 0 Å². The summed E-state index contributed by atoms with van der Waals surface area (Å²) in [7, 11) is -4.29. The van der Waals surface area contributed by atoms with Gasteiger partial charge in [-0.2, -0.15) is 0 Å². The molecule has 5 nitrogen and oxygen atoms in total. The zero-order valence-corrected chi connectivity index (χ0v) is 12.5. The van der Waals surface area contributed by atoms with E-state index in [1.807, 2.05) is 0 Å². The Kier molecular flexibility index (Phi) is 10.9. The number of carbonyl (C=O) groups excluding carboxylic acids is 1. The van der Waals surface area contributed by atoms with Crippen LogP contribution in [0.25, 0.3) is 0 Å². The molecule has 114 valence electrons. The molecule has 0 spiro atoms. The van der Waals surface area contributed by atoms with E-state index < -0.39 is 21.8 Å². The highest BCUT2D eigenvalue weighted by atomic mass is 32.2. The normalized spacial score (nSPS) is 11.5. The molecule has 6 heteroatoms. The molecule has 0 atom stereocenters. The lowest BCUT2D eigenvalue weighted by atomic mass is 10.1. The van der Waals surface area contributed by atoms with Crippen LogP contribution in [0.2, 0.25) is 0 Å². The van der Waals surface area contributed by atoms with Crippen molar-refractivity contribution in [3.8, 4) is 0 Å². The fraction of sp³-hybridized carbons (Fsp3) is 0.923. The zero-order valence-electron chi connectivity index (χ0n) is 11.7. The van der Waals surface area contributed by atoms with Crippen LogP contribution in [0.1, 0.15) is 64.7 Å². The summed E-state index contributed by atoms with van der Waals surface area (Å²) in [6, 6.07) is 0. The minimum Gasteiger partial charge on any atom is -0.748 e. The summed E-state index contributed by atoms with van der Waals surface area (Å²) in [5.41, 5.74) is 0. The van der Waals surface area contributed by atoms with Crippen molar-refractivity contribution in [1.82, 2.24) is 0 Å². The molecule has 0 fully saturated rings. The molecular weight excluding hydrogens is 268 g/mol. The van der Waals surface area contributed by atoms with Crippen LogP contribution in [0.3, 0.4) is 0 Å². The first-order valence-electron chi connectivity index (χ1n) is 7.05. The number of hydrogen-bond donors (Lipinski definition) is 0. The first-order valence-corrected chi connectivity index (χ1v) is 8.62. The Morgan fingerprint density at radius 3 is 2.05 bits per heavy atom. The minimum atomic E-state index is -4.29. The van der Waals surface area contributed by atoms with Crippen LogP contribution in [0.5, 0.6) is 0 Å². The van der Waals surface area contributed by atoms with Crippen LogP contribution in [0.15, 0.2) is 0 Å². The van der Waals surface area contributed by atoms with Gasteiger partial charge in [0.15, 0.2) is 0 Å². The maximum atomic E-state index is 11.2. The van der Waals surface area contributed by atoms with Crippen molar-refractivity contribution in [2.75, 3.05) is 12.4 Å². The minimum absolute atomic E-state index is 0.299. The molecular formula is C13H25O5S-. The van der Waals surface area contributed by atoms with Gasteiger partial charge in [-0.1, -0.05) is 51.9 Å². The lowest BCUT2D eigenvalue weighted by Crippen LogP contribution is -2.14. The highest BCUT2D eigenvalue weighted by molar-refractivity contribution is 7.85. The quantitative estimate of drug-likeness (QED) is 0.314. The first kappa shape index (κ1) is 18.4. The lowest BCUT2D eigenvalue weighted by Gasteiger charge is -2.07. The number of esters is 1. The molecule has 0 aliphatic heterocycles. The van der Waals surface area contributed by atoms with E-state index in [1.54, 1.807) is 0 Å². The van der Waals surface area contributed by atoms with Crippen molar-refractivity contribution in [1.29, 1.82) is 0 Å². The number of ether oxygens (including phenoxy) is 1. The standard InChI is InChI=1S/C13H26O5S/c1-2-3-4-5-6-7-8-9-10-13(14)18-11-12-19(15,16)17/h2-12H2,1H3,(H,15,16,17)/p-1. The van der Waals surface area contributed by atoms with Gasteiger partial charge in [-0.25, -0.2) is 8.42 Å². The van der Waals surface area contributed by atoms with Crippen molar-refractivity contribution >= 4 is 16.1 Å². The molecule has 0 aromatic carbocycles. The second kappa shape index (κ2) is 11.2. The van der Waals surface area contributed by atoms with Crippen LogP contribution in [-0.2, 0) is 19.6 Å². The van der Waals surface area contributed by atoms with Crippen molar-refractivity contribution in [2.45, 2.75) is 64.7 Å². The SMILES string of the molecule is CCCCCCCCCCC(=O)OCCS(=O)(=O)[O-]. The molecule has 0 aromatic rings. The average Bonchev–Trinajstić information content (AvgIpc) is 2.31. The van der Waals surface area contributed by atoms with E-state index in [9.17, 15) is 17.8 Å². The van der Waals surface area contributed by atoms with Crippen LogP contribution >= 0.6 is 0 Å². The van der Waals surface area contributed by atoms with Crippen molar-refractivity contribution in [3.05, 3.63) is 0 Å². The molecule has 0 heterocycles. The van der Waals surface area contributed by atoms with Crippen molar-refractivity contribution < 1.29 is 22.5 Å². The summed E-state index contributed by atoms with van der Waals surface area (Å²) in [5, 5.41) is 0. The van der Waals surface area contributed by atoms with Gasteiger partial charge >= 0.3 is 5.97 Å². The summed E-state index contributed by atoms with van der Waals surface area (Å²) in [5.74, 6) is -1.06. The molecule has 19 heavy (non-hydrogen) atoms. The van der Waals surface area contributed by atoms with Crippen LogP contribution in [0, 0.1) is 0 Å². The fourth-order valence-corrected chi connectivity index (χ4v) is 2.02. The van der Waals surface area contributed by atoms with Gasteiger partial charge in [0.25, 0.3) is 0 Å². The molecule has 0 N–H and O–H groups in total. The Bertz CT molecular complexity index is 324. The monoisotopic (exact) mass is 293 g/mol. The van der Waals surface area contributed by atoms with Crippen LogP contribution < -0.4 is 0 Å². The topological polar surface area (TPSA) is 83.5 Å². The summed E-state index contributed by atoms with van der Waals surface area (Å²) in [6.45, 7) is 1.85. The van der Waals surface area contributed by atoms with Gasteiger partial charge in [0.05, 0.1) is 15.9 Å². The van der Waals surface area contributed by atoms with Gasteiger partial charge in [0.2, 0.25) is 0 Å². The summed E-state index contributed by atoms with van der Waals surface area (Å²) >= 11 is 0. The molecule has 0 radical (unpaired) electrons. The van der Waals surface area contributed by atoms with Gasteiger partial charge in [-0.3, -0.25) is 4.79 Å². The Morgan fingerprint density at radius 1 is 1.00 bits per heavy atom. The maximum absolute atomic E-state index is 11.2. The van der Waals surface area contributed by atoms with Gasteiger partial charge in [0, 0.05) is 6.42 Å². The molecule has 0 rings (SSSR count). The molecule has 0 aliphatic rings. The third-order valence-electron chi connectivity index (χ3n) is 2.83. The number of rotatable bonds is 12. The second-order valence-electron chi connectivity index (χ2n) is 4.71. The van der Waals surface area contributed by atoms with E-state index in [-0.39, 0.29) is 6.61 Å². The number of unbranched alkanes of at least 4 members (excludes halogenated alkanes) is 7. The highest BCUT2D eigenvalue weighted by Gasteiger charge is 2.04. The molecule has 0 saturated carbocycles. The molecule has 0 bridgehead atoms. The Balaban J connectivity index is 3.30. The summed E-state index contributed by atoms with van der Waals surface area (Å²) in [6.07, 6.45) is 9.42. The van der Waals surface area contributed by atoms with Crippen LogP contribution in [0.4, 0.5) is 0 Å². The molecule has 0 aromatic heterocycles. The van der Waals surface area contributed by atoms with Gasteiger partial charge in [-0.05, 0) is 6.42 Å². The highest BCUT2D eigenvalue weighted by Crippen LogP contribution is 2.09. The van der Waals surface area contributed by atoms with Crippen molar-refractivity contribution in [3.63, 3.8) is 0 Å². The fourth-order valence-electron chi connectivity index (χ4n) is 1.73. The third-order valence-corrected chi connectivity index (χ3v) is 3.50. The summed E-state index contributed by atoms with van der Waals surface area (Å²) < 4.78 is 35.5. The smallest absolute Gasteiger partial charge is 0.305 e. The first-order chi connectivity index (χ1) is 8.95. The Hall–Kier alpha value is -0.620. The Labute approximate surface area is 116 Å². The third kappa shape index (κ3) is 15.3. The average molecular weight is 293 g/mol. The van der Waals surface area contributed by atoms with E-state index in [1.165, 1.54) is 32.1 Å². The van der Waals surface area contributed by atoms with Gasteiger partial charge in [0.1, 0.15) is 6.61 Å². The molecule has 0 saturated heterocycles. The van der Waals surface area contributed by atoms with E-state index in [2.05, 4.69) is 11.7 Å². The van der Waals surface area contributed by atoms with Crippen LogP contribution in [-0.4, -0.2) is 31.3 Å². The summed E-state index contributed by atoms with van der Waals surface area (Å²) in [4.78, 5) is 11.2. The zero-order chi connectivity index (χ0) is 14.6. The Morgan fingerprint density at radius 2 is 1.53 bits per heavy atom. The number of carbonyl (C=O) groups is 1. The molecule has 0 amide bonds. The number of hydrogen-bond acceptors (Lipinski definition) is 5. The van der Waals surface area contributed by atoms with Gasteiger partial charge < -0.3 is 9.29 Å². The molecule has 0 aliphatic carbocycles. The predicted octanol–water partition coefficient (Wildman–Crippen LogP) is 2.61. The van der Waals surface area contributed by atoms with E-state index in [0.717, 1.165) is 19.3 Å². The van der Waals surface area contributed by atoms with E-state index in [0.29, 0.717) is 6.42 Å². The second-order valence-corrected chi connectivity index (χ2v) is 6.23.